The highest BCUT2D eigenvalue weighted by atomic mass is 127. The summed E-state index contributed by atoms with van der Waals surface area (Å²) < 4.78 is 10.7. The number of carbonyl (C=O) groups excluding carboxylic acids is 2. The van der Waals surface area contributed by atoms with E-state index >= 15 is 0 Å². The number of methoxy groups -OCH3 is 2. The van der Waals surface area contributed by atoms with Crippen LogP contribution in [0, 0.1) is 28.6 Å². The molecule has 0 amide bonds. The summed E-state index contributed by atoms with van der Waals surface area (Å²) in [4.78, 5) is 38.1. The standard InChI is InChI=1S/C22H16I2N4O6/c1-33-21(29)17-16(11-6-4-3-5-7-11)13(10-25)20(26)27(19(17)22(30)34-2)18-14(23)8-12(28(31)32)9-15(18)24/h3-9,16H,26H2,1-2H3. The van der Waals surface area contributed by atoms with Crippen LogP contribution in [0.15, 0.2) is 65.1 Å². The average molecular weight is 686 g/mol. The number of allylic oxidation sites excluding steroid dienone is 1. The minimum Gasteiger partial charge on any atom is -0.466 e. The summed E-state index contributed by atoms with van der Waals surface area (Å²) in [7, 11) is 2.30. The second-order valence-electron chi connectivity index (χ2n) is 6.85. The number of nitrogens with zero attached hydrogens (tertiary/aromatic N) is 3. The topological polar surface area (TPSA) is 149 Å². The van der Waals surface area contributed by atoms with Gasteiger partial charge in [0.2, 0.25) is 0 Å². The Labute approximate surface area is 221 Å². The average Bonchev–Trinajstić information content (AvgIpc) is 2.83. The van der Waals surface area contributed by atoms with E-state index in [2.05, 4.69) is 6.07 Å². The molecular weight excluding hydrogens is 670 g/mol. The van der Waals surface area contributed by atoms with E-state index in [-0.39, 0.29) is 34.0 Å². The van der Waals surface area contributed by atoms with E-state index in [1.807, 2.05) is 45.2 Å². The van der Waals surface area contributed by atoms with E-state index in [9.17, 15) is 25.0 Å². The Hall–Kier alpha value is -3.19. The molecule has 0 saturated heterocycles. The molecule has 3 rings (SSSR count). The van der Waals surface area contributed by atoms with E-state index in [1.54, 1.807) is 30.3 Å². The molecule has 2 aromatic rings. The number of nitrogens with two attached hydrogens (primary N) is 1. The fraction of sp³-hybridized carbons (Fsp3) is 0.136. The number of halogens is 2. The van der Waals surface area contributed by atoms with E-state index in [0.29, 0.717) is 12.7 Å². The molecule has 0 radical (unpaired) electrons. The van der Waals surface area contributed by atoms with Gasteiger partial charge in [-0.2, -0.15) is 5.26 Å². The molecule has 174 valence electrons. The van der Waals surface area contributed by atoms with Gasteiger partial charge in [-0.25, -0.2) is 9.59 Å². The number of ether oxygens (including phenoxy) is 2. The molecule has 10 nitrogen and oxygen atoms in total. The molecule has 0 aliphatic carbocycles. The van der Waals surface area contributed by atoms with E-state index in [4.69, 9.17) is 15.2 Å². The zero-order chi connectivity index (χ0) is 25.2. The van der Waals surface area contributed by atoms with Crippen LogP contribution in [0.4, 0.5) is 11.4 Å². The van der Waals surface area contributed by atoms with Gasteiger partial charge in [-0.3, -0.25) is 15.0 Å². The van der Waals surface area contributed by atoms with Gasteiger partial charge in [0.25, 0.3) is 5.69 Å². The van der Waals surface area contributed by atoms with Gasteiger partial charge in [-0.05, 0) is 50.7 Å². The quantitative estimate of drug-likeness (QED) is 0.215. The minimum absolute atomic E-state index is 0.00389. The molecule has 0 spiro atoms. The first-order valence-corrected chi connectivity index (χ1v) is 11.6. The number of non-ortho nitro benzene ring substituents is 1. The van der Waals surface area contributed by atoms with Crippen molar-refractivity contribution < 1.29 is 24.0 Å². The van der Waals surface area contributed by atoms with Crippen LogP contribution in [-0.4, -0.2) is 31.1 Å². The molecule has 34 heavy (non-hydrogen) atoms. The Balaban J connectivity index is 2.47. The lowest BCUT2D eigenvalue weighted by Gasteiger charge is -2.36. The highest BCUT2D eigenvalue weighted by Crippen LogP contribution is 2.45. The van der Waals surface area contributed by atoms with Gasteiger partial charge in [-0.1, -0.05) is 30.3 Å². The summed E-state index contributed by atoms with van der Waals surface area (Å²) in [5.74, 6) is -2.87. The fourth-order valence-electron chi connectivity index (χ4n) is 3.62. The summed E-state index contributed by atoms with van der Waals surface area (Å²) in [6.45, 7) is 0. The number of rotatable bonds is 5. The maximum atomic E-state index is 13.1. The third-order valence-corrected chi connectivity index (χ3v) is 6.69. The van der Waals surface area contributed by atoms with E-state index in [0.717, 1.165) is 14.2 Å². The highest BCUT2D eigenvalue weighted by molar-refractivity contribution is 14.1. The molecule has 2 N–H and O–H groups in total. The van der Waals surface area contributed by atoms with Gasteiger partial charge in [0.1, 0.15) is 11.5 Å². The van der Waals surface area contributed by atoms with E-state index < -0.39 is 22.8 Å². The molecule has 1 unspecified atom stereocenters. The molecule has 1 aliphatic rings. The van der Waals surface area contributed by atoms with Crippen LogP contribution in [0.2, 0.25) is 0 Å². The lowest BCUT2D eigenvalue weighted by molar-refractivity contribution is -0.385. The predicted octanol–water partition coefficient (Wildman–Crippen LogP) is 3.70. The number of benzene rings is 2. The molecule has 0 bridgehead atoms. The lowest BCUT2D eigenvalue weighted by Crippen LogP contribution is -2.41. The van der Waals surface area contributed by atoms with Crippen molar-refractivity contribution in [2.45, 2.75) is 5.92 Å². The summed E-state index contributed by atoms with van der Waals surface area (Å²) >= 11 is 3.74. The Morgan fingerprint density at radius 3 is 2.15 bits per heavy atom. The first kappa shape index (κ1) is 25.4. The van der Waals surface area contributed by atoms with E-state index in [1.165, 1.54) is 17.0 Å². The van der Waals surface area contributed by atoms with Crippen LogP contribution in [-0.2, 0) is 19.1 Å². The third kappa shape index (κ3) is 4.44. The maximum Gasteiger partial charge on any atom is 0.355 e. The summed E-state index contributed by atoms with van der Waals surface area (Å²) in [6, 6.07) is 13.3. The van der Waals surface area contributed by atoms with Crippen molar-refractivity contribution in [3.8, 4) is 6.07 Å². The minimum atomic E-state index is -1.00. The Bertz CT molecular complexity index is 1280. The number of nitro groups is 1. The zero-order valence-electron chi connectivity index (χ0n) is 17.7. The molecule has 1 atom stereocenters. The highest BCUT2D eigenvalue weighted by Gasteiger charge is 2.44. The van der Waals surface area contributed by atoms with Crippen molar-refractivity contribution in [1.29, 1.82) is 5.26 Å². The first-order valence-electron chi connectivity index (χ1n) is 9.46. The molecule has 12 heteroatoms. The Kier molecular flexibility index (Phi) is 7.77. The van der Waals surface area contributed by atoms with Crippen LogP contribution < -0.4 is 10.6 Å². The van der Waals surface area contributed by atoms with Gasteiger partial charge in [0.05, 0.1) is 48.0 Å². The normalized spacial score (nSPS) is 15.6. The van der Waals surface area contributed by atoms with Crippen molar-refractivity contribution in [1.82, 2.24) is 0 Å². The monoisotopic (exact) mass is 686 g/mol. The number of nitro benzene ring substituents is 1. The second-order valence-corrected chi connectivity index (χ2v) is 9.17. The van der Waals surface area contributed by atoms with Crippen molar-refractivity contribution in [3.63, 3.8) is 0 Å². The number of anilines is 1. The van der Waals surface area contributed by atoms with Crippen LogP contribution in [0.1, 0.15) is 11.5 Å². The largest absolute Gasteiger partial charge is 0.466 e. The van der Waals surface area contributed by atoms with Crippen LogP contribution in [0.25, 0.3) is 0 Å². The van der Waals surface area contributed by atoms with Crippen molar-refractivity contribution in [3.05, 3.63) is 87.9 Å². The molecular formula is C22H16I2N4O6. The number of hydrogen-bond acceptors (Lipinski definition) is 9. The number of nitriles is 1. The van der Waals surface area contributed by atoms with Crippen LogP contribution >= 0.6 is 45.2 Å². The molecule has 0 saturated carbocycles. The van der Waals surface area contributed by atoms with Gasteiger partial charge in [-0.15, -0.1) is 0 Å². The molecule has 1 heterocycles. The Morgan fingerprint density at radius 1 is 1.12 bits per heavy atom. The fourth-order valence-corrected chi connectivity index (χ4v) is 5.83. The molecule has 0 fully saturated rings. The SMILES string of the molecule is COC(=O)C1=C(C(=O)OC)N(c2c(I)cc([N+](=O)[O-])cc2I)C(N)=C(C#N)C1c1ccccc1. The predicted molar refractivity (Wildman–Crippen MR) is 138 cm³/mol. The maximum absolute atomic E-state index is 13.1. The Morgan fingerprint density at radius 2 is 1.68 bits per heavy atom. The third-order valence-electron chi connectivity index (χ3n) is 5.05. The van der Waals surface area contributed by atoms with Gasteiger partial charge in [0, 0.05) is 19.3 Å². The van der Waals surface area contributed by atoms with Gasteiger partial charge >= 0.3 is 11.9 Å². The molecule has 2 aromatic carbocycles. The van der Waals surface area contributed by atoms with Gasteiger partial charge < -0.3 is 15.2 Å². The second kappa shape index (κ2) is 10.4. The van der Waals surface area contributed by atoms with Crippen molar-refractivity contribution in [2.24, 2.45) is 5.73 Å². The zero-order valence-corrected chi connectivity index (χ0v) is 22.1. The number of esters is 2. The first-order chi connectivity index (χ1) is 16.2. The van der Waals surface area contributed by atoms with Gasteiger partial charge in [0.15, 0.2) is 0 Å². The summed E-state index contributed by atoms with van der Waals surface area (Å²) in [5.41, 5.74) is 6.73. The van der Waals surface area contributed by atoms with Crippen molar-refractivity contribution >= 4 is 68.5 Å². The summed E-state index contributed by atoms with van der Waals surface area (Å²) in [6.07, 6.45) is 0. The number of carbonyl (C=O) groups is 2. The number of hydrogen-bond donors (Lipinski definition) is 1. The van der Waals surface area contributed by atoms with Crippen LogP contribution in [0.3, 0.4) is 0 Å². The van der Waals surface area contributed by atoms with Crippen LogP contribution in [0.5, 0.6) is 0 Å². The molecule has 0 aromatic heterocycles. The lowest BCUT2D eigenvalue weighted by atomic mass is 9.81. The smallest absolute Gasteiger partial charge is 0.355 e. The molecule has 1 aliphatic heterocycles. The van der Waals surface area contributed by atoms with Crippen molar-refractivity contribution in [2.75, 3.05) is 19.1 Å². The summed E-state index contributed by atoms with van der Waals surface area (Å²) in [5, 5.41) is 21.4.